The smallest absolute Gasteiger partial charge is 0.0494 e. The van der Waals surface area contributed by atoms with Crippen LogP contribution in [0.4, 0.5) is 0 Å². The summed E-state index contributed by atoms with van der Waals surface area (Å²) in [4.78, 5) is 0. The van der Waals surface area contributed by atoms with Crippen molar-refractivity contribution in [2.45, 2.75) is 52.4 Å². The van der Waals surface area contributed by atoms with Gasteiger partial charge in [-0.1, -0.05) is 52.9 Å². The van der Waals surface area contributed by atoms with E-state index in [1.54, 1.807) is 0 Å². The molecule has 1 heteroatoms. The second-order valence-corrected chi connectivity index (χ2v) is 3.67. The van der Waals surface area contributed by atoms with Crippen LogP contribution in [0.5, 0.6) is 0 Å². The minimum absolute atomic E-state index is 0.771. The summed E-state index contributed by atoms with van der Waals surface area (Å²) < 4.78 is 5.60. The zero-order chi connectivity index (χ0) is 9.94. The number of hydrogen-bond acceptors (Lipinski definition) is 1. The standard InChI is InChI=1S/C12H25O/c1-4-7-8-9-10-13-11-12(5-2)6-3/h12H,1,4-11H2,2-3H3. The Bertz CT molecular complexity index is 87.1. The molecule has 1 radical (unpaired) electrons. The molecule has 0 atom stereocenters. The molecule has 0 bridgehead atoms. The Hall–Kier alpha value is -0.0400. The molecule has 0 amide bonds. The monoisotopic (exact) mass is 185 g/mol. The molecule has 1 nitrogen and oxygen atoms in total. The zero-order valence-corrected chi connectivity index (χ0v) is 9.35. The Kier molecular flexibility index (Phi) is 10.0. The molecule has 0 N–H and O–H groups in total. The summed E-state index contributed by atoms with van der Waals surface area (Å²) in [6.45, 7) is 10.2. The average molecular weight is 185 g/mol. The predicted molar refractivity (Wildman–Crippen MR) is 58.7 cm³/mol. The lowest BCUT2D eigenvalue weighted by molar-refractivity contribution is 0.0934. The highest BCUT2D eigenvalue weighted by atomic mass is 16.5. The molecule has 0 aliphatic carbocycles. The molecular weight excluding hydrogens is 160 g/mol. The van der Waals surface area contributed by atoms with Gasteiger partial charge in [-0.25, -0.2) is 0 Å². The normalized spacial score (nSPS) is 11.1. The number of hydrogen-bond donors (Lipinski definition) is 0. The van der Waals surface area contributed by atoms with Gasteiger partial charge in [-0.05, 0) is 12.3 Å². The Morgan fingerprint density at radius 3 is 2.31 bits per heavy atom. The van der Waals surface area contributed by atoms with Gasteiger partial charge in [0, 0.05) is 13.2 Å². The van der Waals surface area contributed by atoms with Gasteiger partial charge in [0.25, 0.3) is 0 Å². The van der Waals surface area contributed by atoms with E-state index in [0.29, 0.717) is 0 Å². The van der Waals surface area contributed by atoms with Crippen LogP contribution in [0.3, 0.4) is 0 Å². The SMILES string of the molecule is [CH2]CCCCCOCC(CC)CC. The fourth-order valence-corrected chi connectivity index (χ4v) is 1.33. The van der Waals surface area contributed by atoms with E-state index in [-0.39, 0.29) is 0 Å². The summed E-state index contributed by atoms with van der Waals surface area (Å²) in [7, 11) is 0. The minimum Gasteiger partial charge on any atom is -0.381 e. The summed E-state index contributed by atoms with van der Waals surface area (Å²) >= 11 is 0. The first kappa shape index (κ1) is 13.0. The van der Waals surface area contributed by atoms with Crippen molar-refractivity contribution in [1.82, 2.24) is 0 Å². The zero-order valence-electron chi connectivity index (χ0n) is 9.35. The van der Waals surface area contributed by atoms with Gasteiger partial charge in [-0.3, -0.25) is 0 Å². The molecule has 0 aromatic carbocycles. The highest BCUT2D eigenvalue weighted by molar-refractivity contribution is 4.52. The van der Waals surface area contributed by atoms with Gasteiger partial charge in [0.15, 0.2) is 0 Å². The van der Waals surface area contributed by atoms with E-state index in [0.717, 1.165) is 25.6 Å². The van der Waals surface area contributed by atoms with Crippen molar-refractivity contribution in [3.8, 4) is 0 Å². The first-order valence-corrected chi connectivity index (χ1v) is 5.72. The summed E-state index contributed by atoms with van der Waals surface area (Å²) in [5.41, 5.74) is 0. The van der Waals surface area contributed by atoms with Gasteiger partial charge in [-0.15, -0.1) is 0 Å². The molecule has 0 spiro atoms. The van der Waals surface area contributed by atoms with Crippen molar-refractivity contribution in [3.05, 3.63) is 6.92 Å². The molecule has 0 saturated heterocycles. The largest absolute Gasteiger partial charge is 0.381 e. The van der Waals surface area contributed by atoms with Crippen molar-refractivity contribution in [2.24, 2.45) is 5.92 Å². The van der Waals surface area contributed by atoms with E-state index >= 15 is 0 Å². The highest BCUT2D eigenvalue weighted by Gasteiger charge is 2.02. The van der Waals surface area contributed by atoms with Gasteiger partial charge >= 0.3 is 0 Å². The molecule has 0 saturated carbocycles. The summed E-state index contributed by atoms with van der Waals surface area (Å²) in [5.74, 6) is 0.771. The van der Waals surface area contributed by atoms with E-state index in [9.17, 15) is 0 Å². The number of ether oxygens (including phenoxy) is 1. The fraction of sp³-hybridized carbons (Fsp3) is 0.917. The highest BCUT2D eigenvalue weighted by Crippen LogP contribution is 2.08. The lowest BCUT2D eigenvalue weighted by atomic mass is 10.1. The summed E-state index contributed by atoms with van der Waals surface area (Å²) in [5, 5.41) is 0. The second-order valence-electron chi connectivity index (χ2n) is 3.67. The Balaban J connectivity index is 3.05. The van der Waals surface area contributed by atoms with Crippen molar-refractivity contribution in [1.29, 1.82) is 0 Å². The van der Waals surface area contributed by atoms with Crippen LogP contribution in [-0.2, 0) is 4.74 Å². The van der Waals surface area contributed by atoms with Crippen LogP contribution in [-0.4, -0.2) is 13.2 Å². The average Bonchev–Trinajstić information content (AvgIpc) is 2.17. The predicted octanol–water partition coefficient (Wildman–Crippen LogP) is 3.83. The van der Waals surface area contributed by atoms with E-state index in [1.165, 1.54) is 32.1 Å². The topological polar surface area (TPSA) is 9.23 Å². The lowest BCUT2D eigenvalue weighted by Gasteiger charge is -2.12. The van der Waals surface area contributed by atoms with Crippen LogP contribution in [0, 0.1) is 12.8 Å². The molecule has 0 fully saturated rings. The maximum atomic E-state index is 5.60. The van der Waals surface area contributed by atoms with E-state index < -0.39 is 0 Å². The Morgan fingerprint density at radius 2 is 1.77 bits per heavy atom. The molecule has 0 aliphatic rings. The number of rotatable bonds is 9. The van der Waals surface area contributed by atoms with Crippen molar-refractivity contribution in [3.63, 3.8) is 0 Å². The molecule has 79 valence electrons. The first-order valence-electron chi connectivity index (χ1n) is 5.72. The van der Waals surface area contributed by atoms with Gasteiger partial charge in [0.1, 0.15) is 0 Å². The van der Waals surface area contributed by atoms with E-state index in [2.05, 4.69) is 20.8 Å². The van der Waals surface area contributed by atoms with Crippen molar-refractivity contribution < 1.29 is 4.74 Å². The maximum absolute atomic E-state index is 5.60. The third kappa shape index (κ3) is 8.29. The second kappa shape index (κ2) is 10.0. The van der Waals surface area contributed by atoms with Crippen molar-refractivity contribution in [2.75, 3.05) is 13.2 Å². The third-order valence-electron chi connectivity index (χ3n) is 2.55. The van der Waals surface area contributed by atoms with Gasteiger partial charge in [-0.2, -0.15) is 0 Å². The molecule has 13 heavy (non-hydrogen) atoms. The number of unbranched alkanes of at least 4 members (excludes halogenated alkanes) is 3. The van der Waals surface area contributed by atoms with Crippen LogP contribution in [0.15, 0.2) is 0 Å². The van der Waals surface area contributed by atoms with Crippen LogP contribution >= 0.6 is 0 Å². The molecule has 0 unspecified atom stereocenters. The van der Waals surface area contributed by atoms with Gasteiger partial charge < -0.3 is 4.74 Å². The Labute approximate surface area is 83.9 Å². The molecule has 0 rings (SSSR count). The van der Waals surface area contributed by atoms with Crippen LogP contribution in [0.1, 0.15) is 52.4 Å². The quantitative estimate of drug-likeness (QED) is 0.496. The lowest BCUT2D eigenvalue weighted by Crippen LogP contribution is -2.08. The van der Waals surface area contributed by atoms with Crippen molar-refractivity contribution >= 4 is 0 Å². The third-order valence-corrected chi connectivity index (χ3v) is 2.55. The Morgan fingerprint density at radius 1 is 1.08 bits per heavy atom. The summed E-state index contributed by atoms with van der Waals surface area (Å²) in [6, 6.07) is 0. The molecular formula is C12H25O. The van der Waals surface area contributed by atoms with Crippen LogP contribution in [0.2, 0.25) is 0 Å². The fourth-order valence-electron chi connectivity index (χ4n) is 1.33. The molecule has 0 aromatic rings. The first-order chi connectivity index (χ1) is 6.35. The van der Waals surface area contributed by atoms with Crippen LogP contribution < -0.4 is 0 Å². The molecule has 0 aromatic heterocycles. The van der Waals surface area contributed by atoms with E-state index in [4.69, 9.17) is 4.74 Å². The molecule has 0 heterocycles. The molecule has 0 aliphatic heterocycles. The van der Waals surface area contributed by atoms with Gasteiger partial charge in [0.2, 0.25) is 0 Å². The minimum atomic E-state index is 0.771. The summed E-state index contributed by atoms with van der Waals surface area (Å²) in [6.07, 6.45) is 7.27. The maximum Gasteiger partial charge on any atom is 0.0494 e. The van der Waals surface area contributed by atoms with Crippen LogP contribution in [0.25, 0.3) is 0 Å². The van der Waals surface area contributed by atoms with E-state index in [1.807, 2.05) is 0 Å². The van der Waals surface area contributed by atoms with Gasteiger partial charge in [0.05, 0.1) is 0 Å².